The van der Waals surface area contributed by atoms with Crippen LogP contribution in [0, 0.1) is 0 Å². The third-order valence-corrected chi connectivity index (χ3v) is 4.71. The molecule has 0 aromatic carbocycles. The maximum Gasteiger partial charge on any atom is 0.223 e. The molecule has 2 aromatic rings. The number of furan rings is 1. The molecule has 8 heteroatoms. The number of anilines is 2. The van der Waals surface area contributed by atoms with Crippen LogP contribution in [0.25, 0.3) is 5.76 Å². The number of ether oxygens (including phenoxy) is 1. The van der Waals surface area contributed by atoms with Crippen molar-refractivity contribution in [2.75, 3.05) is 31.0 Å². The Balaban J connectivity index is 2.22. The van der Waals surface area contributed by atoms with E-state index in [9.17, 15) is 4.79 Å². The normalized spacial score (nSPS) is 10.6. The molecule has 0 atom stereocenters. The molecule has 2 rings (SSSR count). The maximum atomic E-state index is 12.4. The lowest BCUT2D eigenvalue weighted by Crippen LogP contribution is -2.10. The summed E-state index contributed by atoms with van der Waals surface area (Å²) in [6.45, 7) is 6.77. The van der Waals surface area contributed by atoms with Crippen LogP contribution in [0.1, 0.15) is 47.0 Å². The number of nitrogens with zero attached hydrogens (tertiary/aromatic N) is 2. The molecular formula is C19H26N4O3S. The van der Waals surface area contributed by atoms with Gasteiger partial charge in [-0.2, -0.15) is 4.98 Å². The molecule has 3 N–H and O–H groups in total. The van der Waals surface area contributed by atoms with Gasteiger partial charge in [-0.1, -0.05) is 31.7 Å². The van der Waals surface area contributed by atoms with Gasteiger partial charge in [-0.15, -0.1) is 0 Å². The van der Waals surface area contributed by atoms with E-state index in [1.807, 2.05) is 0 Å². The second-order valence-corrected chi connectivity index (χ2v) is 6.73. The molecule has 146 valence electrons. The van der Waals surface area contributed by atoms with Crippen molar-refractivity contribution in [3.8, 4) is 0 Å². The lowest BCUT2D eigenvalue weighted by molar-refractivity contribution is 0.108. The van der Waals surface area contributed by atoms with E-state index in [4.69, 9.17) is 14.9 Å². The largest absolute Gasteiger partial charge is 0.497 e. The molecule has 0 spiro atoms. The Kier molecular flexibility index (Phi) is 7.72. The highest BCUT2D eigenvalue weighted by molar-refractivity contribution is 8.13. The van der Waals surface area contributed by atoms with Gasteiger partial charge in [-0.3, -0.25) is 4.79 Å². The van der Waals surface area contributed by atoms with Gasteiger partial charge in [0.15, 0.2) is 0 Å². The predicted octanol–water partition coefficient (Wildman–Crippen LogP) is 3.77. The summed E-state index contributed by atoms with van der Waals surface area (Å²) in [6.07, 6.45) is 8.22. The molecule has 0 aliphatic rings. The van der Waals surface area contributed by atoms with E-state index in [0.717, 1.165) is 42.5 Å². The Labute approximate surface area is 163 Å². The fourth-order valence-corrected chi connectivity index (χ4v) is 3.04. The lowest BCUT2D eigenvalue weighted by atomic mass is 10.1. The molecule has 0 amide bonds. The average Bonchev–Trinajstić information content (AvgIpc) is 3.10. The summed E-state index contributed by atoms with van der Waals surface area (Å²) in [5.41, 5.74) is 7.73. The molecule has 2 aromatic heterocycles. The first-order valence-electron chi connectivity index (χ1n) is 8.79. The van der Waals surface area contributed by atoms with Gasteiger partial charge < -0.3 is 20.2 Å². The summed E-state index contributed by atoms with van der Waals surface area (Å²) in [7, 11) is 1.52. The number of nitrogens with two attached hydrogens (primary N) is 1. The first-order valence-corrected chi connectivity index (χ1v) is 10.0. The van der Waals surface area contributed by atoms with Crippen LogP contribution in [0.5, 0.6) is 0 Å². The molecule has 0 bridgehead atoms. The van der Waals surface area contributed by atoms with Gasteiger partial charge in [0.05, 0.1) is 18.2 Å². The average molecular weight is 391 g/mol. The Morgan fingerprint density at radius 3 is 2.89 bits per heavy atom. The monoisotopic (exact) mass is 390 g/mol. The number of carbonyl (C=O) groups excluding carboxylic acids is 1. The highest BCUT2D eigenvalue weighted by Crippen LogP contribution is 2.29. The van der Waals surface area contributed by atoms with Gasteiger partial charge in [-0.25, -0.2) is 4.98 Å². The van der Waals surface area contributed by atoms with Crippen LogP contribution >= 0.6 is 11.8 Å². The Morgan fingerprint density at radius 1 is 1.44 bits per heavy atom. The molecule has 0 unspecified atom stereocenters. The van der Waals surface area contributed by atoms with Crippen molar-refractivity contribution in [1.29, 1.82) is 0 Å². The van der Waals surface area contributed by atoms with Gasteiger partial charge in [0, 0.05) is 24.7 Å². The third kappa shape index (κ3) is 5.26. The second-order valence-electron chi connectivity index (χ2n) is 5.95. The molecule has 0 saturated heterocycles. The third-order valence-electron chi connectivity index (χ3n) is 4.13. The Bertz CT molecular complexity index is 804. The zero-order valence-corrected chi connectivity index (χ0v) is 16.8. The summed E-state index contributed by atoms with van der Waals surface area (Å²) in [6, 6.07) is 0. The van der Waals surface area contributed by atoms with Gasteiger partial charge in [0.2, 0.25) is 11.1 Å². The number of carbonyl (C=O) groups is 1. The topological polar surface area (TPSA) is 103 Å². The number of thioether (sulfide) groups is 1. The van der Waals surface area contributed by atoms with Crippen molar-refractivity contribution < 1.29 is 13.9 Å². The first-order chi connectivity index (χ1) is 13.0. The quantitative estimate of drug-likeness (QED) is 0.467. The van der Waals surface area contributed by atoms with Crippen LogP contribution in [0.3, 0.4) is 0 Å². The molecule has 7 nitrogen and oxygen atoms in total. The number of aryl methyl sites for hydroxylation is 2. The number of hydrogen-bond donors (Lipinski definition) is 2. The summed E-state index contributed by atoms with van der Waals surface area (Å²) in [4.78, 5) is 20.8. The number of methoxy groups -OCH3 is 1. The van der Waals surface area contributed by atoms with E-state index in [-0.39, 0.29) is 11.1 Å². The minimum Gasteiger partial charge on any atom is -0.497 e. The number of aromatic nitrogens is 2. The van der Waals surface area contributed by atoms with Crippen molar-refractivity contribution in [1.82, 2.24) is 9.97 Å². The Hall–Kier alpha value is -2.48. The van der Waals surface area contributed by atoms with Crippen LogP contribution < -0.4 is 11.1 Å². The van der Waals surface area contributed by atoms with Gasteiger partial charge in [0.25, 0.3) is 0 Å². The summed E-state index contributed by atoms with van der Waals surface area (Å²) in [5, 5.41) is 3.22. The van der Waals surface area contributed by atoms with Crippen molar-refractivity contribution in [3.63, 3.8) is 0 Å². The summed E-state index contributed by atoms with van der Waals surface area (Å²) in [5.74, 6) is 1.95. The molecule has 0 radical (unpaired) electrons. The summed E-state index contributed by atoms with van der Waals surface area (Å²) >= 11 is 1.13. The van der Waals surface area contributed by atoms with Crippen molar-refractivity contribution in [3.05, 3.63) is 41.5 Å². The van der Waals surface area contributed by atoms with Crippen LogP contribution in [0.2, 0.25) is 0 Å². The maximum absolute atomic E-state index is 12.4. The predicted molar refractivity (Wildman–Crippen MR) is 110 cm³/mol. The van der Waals surface area contributed by atoms with E-state index in [2.05, 4.69) is 28.8 Å². The first kappa shape index (κ1) is 20.8. The van der Waals surface area contributed by atoms with Crippen molar-refractivity contribution in [2.24, 2.45) is 0 Å². The summed E-state index contributed by atoms with van der Waals surface area (Å²) < 4.78 is 10.8. The molecule has 27 heavy (non-hydrogen) atoms. The standard InChI is InChI=1S/C19H26N4O3S/c1-5-6-9-21-17-13(10-22-19(20)23-17)7-8-15-16(18(24)27-4)14(11-26-15)12(2)25-3/h10-11H,2,5-9H2,1,3-4H3,(H3,20,21,22,23). The molecule has 0 aliphatic heterocycles. The minimum atomic E-state index is -0.0817. The zero-order chi connectivity index (χ0) is 19.8. The SMILES string of the molecule is C=C(OC)c1coc(CCc2cnc(N)nc2NCCCC)c1C(=O)SC. The fourth-order valence-electron chi connectivity index (χ4n) is 2.61. The van der Waals surface area contributed by atoms with Crippen LogP contribution in [0.4, 0.5) is 11.8 Å². The highest BCUT2D eigenvalue weighted by Gasteiger charge is 2.22. The number of rotatable bonds is 10. The molecule has 0 aliphatic carbocycles. The van der Waals surface area contributed by atoms with Gasteiger partial charge in [0.1, 0.15) is 23.6 Å². The van der Waals surface area contributed by atoms with Crippen LogP contribution in [-0.2, 0) is 17.6 Å². The van der Waals surface area contributed by atoms with E-state index in [1.165, 1.54) is 13.4 Å². The van der Waals surface area contributed by atoms with Crippen molar-refractivity contribution in [2.45, 2.75) is 32.6 Å². The Morgan fingerprint density at radius 2 is 2.22 bits per heavy atom. The van der Waals surface area contributed by atoms with Crippen molar-refractivity contribution >= 4 is 34.4 Å². The minimum absolute atomic E-state index is 0.0817. The van der Waals surface area contributed by atoms with E-state index < -0.39 is 0 Å². The van der Waals surface area contributed by atoms with Crippen LogP contribution in [-0.4, -0.2) is 35.0 Å². The van der Waals surface area contributed by atoms with Gasteiger partial charge in [-0.05, 0) is 19.1 Å². The number of unbranched alkanes of at least 4 members (excludes halogenated alkanes) is 1. The smallest absolute Gasteiger partial charge is 0.223 e. The van der Waals surface area contributed by atoms with E-state index >= 15 is 0 Å². The zero-order valence-electron chi connectivity index (χ0n) is 16.0. The lowest BCUT2D eigenvalue weighted by Gasteiger charge is -2.11. The highest BCUT2D eigenvalue weighted by atomic mass is 32.2. The van der Waals surface area contributed by atoms with Crippen LogP contribution in [0.15, 0.2) is 23.5 Å². The molecular weight excluding hydrogens is 364 g/mol. The fraction of sp³-hybridized carbons (Fsp3) is 0.421. The molecule has 0 fully saturated rings. The number of nitrogen functional groups attached to an aromatic ring is 1. The van der Waals surface area contributed by atoms with E-state index in [0.29, 0.717) is 35.5 Å². The molecule has 2 heterocycles. The second kappa shape index (κ2) is 10.0. The van der Waals surface area contributed by atoms with E-state index in [1.54, 1.807) is 12.5 Å². The number of nitrogens with one attached hydrogen (secondary N) is 1. The number of hydrogen-bond acceptors (Lipinski definition) is 8. The van der Waals surface area contributed by atoms with Gasteiger partial charge >= 0.3 is 0 Å². The molecule has 0 saturated carbocycles.